The molecule has 0 aliphatic carbocycles. The molecule has 1 aromatic rings. The predicted octanol–water partition coefficient (Wildman–Crippen LogP) is 1.79. The molecule has 0 amide bonds. The van der Waals surface area contributed by atoms with Crippen LogP contribution in [0.2, 0.25) is 5.02 Å². The van der Waals surface area contributed by atoms with Gasteiger partial charge in [-0.2, -0.15) is 5.10 Å². The Morgan fingerprint density at radius 1 is 1.38 bits per heavy atom. The molecule has 1 aliphatic heterocycles. The minimum atomic E-state index is 0.369. The average Bonchev–Trinajstić information content (AvgIpc) is 2.80. The molecule has 0 atom stereocenters. The number of guanidine groups is 1. The van der Waals surface area contributed by atoms with Crippen LogP contribution < -0.4 is 10.7 Å². The first-order chi connectivity index (χ1) is 7.75. The third-order valence-corrected chi connectivity index (χ3v) is 2.57. The second-order valence-electron chi connectivity index (χ2n) is 3.18. The minimum absolute atomic E-state index is 0.369. The van der Waals surface area contributed by atoms with Crippen LogP contribution in [0.3, 0.4) is 0 Å². The number of halogens is 2. The molecule has 1 heterocycles. The Balaban J connectivity index is 2.03. The number of nitrogens with zero attached hydrogens (tertiary/aromatic N) is 2. The van der Waals surface area contributed by atoms with Gasteiger partial charge in [-0.1, -0.05) is 35.3 Å². The summed E-state index contributed by atoms with van der Waals surface area (Å²) in [6.45, 7) is 1.59. The molecule has 0 unspecified atom stereocenters. The summed E-state index contributed by atoms with van der Waals surface area (Å²) in [5.74, 6) is 0.645. The lowest BCUT2D eigenvalue weighted by Crippen LogP contribution is -2.30. The Morgan fingerprint density at radius 3 is 2.75 bits per heavy atom. The third kappa shape index (κ3) is 2.87. The van der Waals surface area contributed by atoms with Gasteiger partial charge in [0.2, 0.25) is 5.96 Å². The maximum atomic E-state index is 6.00. The monoisotopic (exact) mass is 256 g/mol. The van der Waals surface area contributed by atoms with Gasteiger partial charge in [0.25, 0.3) is 0 Å². The van der Waals surface area contributed by atoms with E-state index in [1.54, 1.807) is 24.3 Å². The Kier molecular flexibility index (Phi) is 3.64. The van der Waals surface area contributed by atoms with E-state index < -0.39 is 0 Å². The van der Waals surface area contributed by atoms with E-state index in [4.69, 9.17) is 23.2 Å². The number of benzene rings is 1. The van der Waals surface area contributed by atoms with Gasteiger partial charge in [0.1, 0.15) is 0 Å². The molecule has 84 valence electrons. The van der Waals surface area contributed by atoms with E-state index in [-0.39, 0.29) is 0 Å². The summed E-state index contributed by atoms with van der Waals surface area (Å²) in [5.41, 5.74) is 3.56. The molecule has 0 saturated heterocycles. The van der Waals surface area contributed by atoms with Gasteiger partial charge < -0.3 is 5.32 Å². The fourth-order valence-electron chi connectivity index (χ4n) is 1.23. The lowest BCUT2D eigenvalue weighted by Gasteiger charge is -2.02. The SMILES string of the molecule is ClC(=NNC1=NCCN1)c1ccc(Cl)cc1. The predicted molar refractivity (Wildman–Crippen MR) is 67.3 cm³/mol. The summed E-state index contributed by atoms with van der Waals surface area (Å²) in [6, 6.07) is 7.14. The Bertz CT molecular complexity index is 425. The lowest BCUT2D eigenvalue weighted by atomic mass is 10.2. The highest BCUT2D eigenvalue weighted by Gasteiger charge is 2.04. The quantitative estimate of drug-likeness (QED) is 0.626. The van der Waals surface area contributed by atoms with Gasteiger partial charge in [-0.15, -0.1) is 0 Å². The second kappa shape index (κ2) is 5.18. The normalized spacial score (nSPS) is 15.6. The first-order valence-electron chi connectivity index (χ1n) is 4.79. The van der Waals surface area contributed by atoms with Gasteiger partial charge in [0.05, 0.1) is 6.54 Å². The van der Waals surface area contributed by atoms with Gasteiger partial charge in [-0.05, 0) is 12.1 Å². The minimum Gasteiger partial charge on any atom is -0.353 e. The fraction of sp³-hybridized carbons (Fsp3) is 0.200. The highest BCUT2D eigenvalue weighted by Crippen LogP contribution is 2.11. The van der Waals surface area contributed by atoms with Crippen molar-refractivity contribution in [1.82, 2.24) is 10.7 Å². The van der Waals surface area contributed by atoms with Crippen LogP contribution in [0, 0.1) is 0 Å². The van der Waals surface area contributed by atoms with Crippen molar-refractivity contribution in [2.75, 3.05) is 13.1 Å². The Hall–Kier alpha value is -1.26. The number of rotatable bonds is 2. The van der Waals surface area contributed by atoms with Crippen LogP contribution in [-0.2, 0) is 0 Å². The number of aliphatic imine (C=N–C) groups is 1. The highest BCUT2D eigenvalue weighted by molar-refractivity contribution is 6.69. The fourth-order valence-corrected chi connectivity index (χ4v) is 1.52. The van der Waals surface area contributed by atoms with E-state index in [1.807, 2.05) is 0 Å². The molecule has 0 aromatic heterocycles. The molecule has 2 rings (SSSR count). The number of hydrogen-bond acceptors (Lipinski definition) is 4. The van der Waals surface area contributed by atoms with Crippen molar-refractivity contribution in [3.63, 3.8) is 0 Å². The van der Waals surface area contributed by atoms with E-state index in [1.165, 1.54) is 0 Å². The van der Waals surface area contributed by atoms with Crippen molar-refractivity contribution in [3.8, 4) is 0 Å². The molecule has 6 heteroatoms. The van der Waals surface area contributed by atoms with E-state index in [0.717, 1.165) is 18.7 Å². The van der Waals surface area contributed by atoms with E-state index >= 15 is 0 Å². The van der Waals surface area contributed by atoms with Crippen molar-refractivity contribution >= 4 is 34.3 Å². The van der Waals surface area contributed by atoms with Crippen LogP contribution in [0.1, 0.15) is 5.56 Å². The lowest BCUT2D eigenvalue weighted by molar-refractivity contribution is 0.919. The maximum absolute atomic E-state index is 6.00. The summed E-state index contributed by atoms with van der Waals surface area (Å²) < 4.78 is 0. The molecule has 4 nitrogen and oxygen atoms in total. The van der Waals surface area contributed by atoms with Crippen molar-refractivity contribution in [2.24, 2.45) is 10.1 Å². The molecule has 16 heavy (non-hydrogen) atoms. The Morgan fingerprint density at radius 2 is 2.12 bits per heavy atom. The zero-order valence-corrected chi connectivity index (χ0v) is 9.89. The van der Waals surface area contributed by atoms with Crippen molar-refractivity contribution in [2.45, 2.75) is 0 Å². The first-order valence-corrected chi connectivity index (χ1v) is 5.55. The van der Waals surface area contributed by atoms with Crippen LogP contribution in [0.4, 0.5) is 0 Å². The molecule has 0 saturated carbocycles. The number of nitrogens with one attached hydrogen (secondary N) is 2. The van der Waals surface area contributed by atoms with E-state index in [0.29, 0.717) is 16.2 Å². The average molecular weight is 257 g/mol. The van der Waals surface area contributed by atoms with Crippen molar-refractivity contribution in [1.29, 1.82) is 0 Å². The highest BCUT2D eigenvalue weighted by atomic mass is 35.5. The molecule has 0 spiro atoms. The van der Waals surface area contributed by atoms with Crippen LogP contribution in [-0.4, -0.2) is 24.2 Å². The largest absolute Gasteiger partial charge is 0.353 e. The van der Waals surface area contributed by atoms with E-state index in [9.17, 15) is 0 Å². The second-order valence-corrected chi connectivity index (χ2v) is 3.97. The van der Waals surface area contributed by atoms with Gasteiger partial charge in [0, 0.05) is 17.1 Å². The van der Waals surface area contributed by atoms with Crippen LogP contribution in [0.25, 0.3) is 0 Å². The summed E-state index contributed by atoms with van der Waals surface area (Å²) in [6.07, 6.45) is 0. The molecule has 2 N–H and O–H groups in total. The van der Waals surface area contributed by atoms with Crippen LogP contribution >= 0.6 is 23.2 Å². The smallest absolute Gasteiger partial charge is 0.212 e. The topological polar surface area (TPSA) is 48.8 Å². The summed E-state index contributed by atoms with van der Waals surface area (Å²) in [4.78, 5) is 4.12. The first kappa shape index (κ1) is 11.2. The molecular weight excluding hydrogens is 247 g/mol. The molecule has 0 fully saturated rings. The zero-order chi connectivity index (χ0) is 11.4. The summed E-state index contributed by atoms with van der Waals surface area (Å²) in [7, 11) is 0. The standard InChI is InChI=1S/C10H10Cl2N4/c11-8-3-1-7(2-4-8)9(12)15-16-10-13-5-6-14-10/h1-4H,5-6H2,(H2,13,14,16). The van der Waals surface area contributed by atoms with Gasteiger partial charge in [-0.25, -0.2) is 10.4 Å². The summed E-state index contributed by atoms with van der Waals surface area (Å²) >= 11 is 11.8. The number of hydrazone groups is 1. The Labute approximate surface area is 103 Å². The molecule has 1 aromatic carbocycles. The maximum Gasteiger partial charge on any atom is 0.212 e. The van der Waals surface area contributed by atoms with Gasteiger partial charge in [-0.3, -0.25) is 0 Å². The van der Waals surface area contributed by atoms with Crippen molar-refractivity contribution in [3.05, 3.63) is 34.9 Å². The molecule has 0 radical (unpaired) electrons. The van der Waals surface area contributed by atoms with Crippen LogP contribution in [0.5, 0.6) is 0 Å². The van der Waals surface area contributed by atoms with Crippen LogP contribution in [0.15, 0.2) is 34.4 Å². The van der Waals surface area contributed by atoms with Crippen molar-refractivity contribution < 1.29 is 0 Å². The zero-order valence-electron chi connectivity index (χ0n) is 8.37. The summed E-state index contributed by atoms with van der Waals surface area (Å²) in [5, 5.41) is 8.06. The molecule has 1 aliphatic rings. The molecule has 0 bridgehead atoms. The van der Waals surface area contributed by atoms with Gasteiger partial charge >= 0.3 is 0 Å². The third-order valence-electron chi connectivity index (χ3n) is 2.02. The molecular formula is C10H10Cl2N4. The van der Waals surface area contributed by atoms with Gasteiger partial charge in [0.15, 0.2) is 5.17 Å². The van der Waals surface area contributed by atoms with E-state index in [2.05, 4.69) is 20.8 Å². The number of hydrogen-bond donors (Lipinski definition) is 2.